The van der Waals surface area contributed by atoms with Gasteiger partial charge in [0.15, 0.2) is 0 Å². The van der Waals surface area contributed by atoms with Gasteiger partial charge in [0.2, 0.25) is 0 Å². The molecule has 1 aliphatic rings. The molecule has 0 saturated carbocycles. The second kappa shape index (κ2) is 9.72. The number of hydrogen-bond donors (Lipinski definition) is 1. The minimum atomic E-state index is -0.320. The predicted molar refractivity (Wildman–Crippen MR) is 115 cm³/mol. The highest BCUT2D eigenvalue weighted by Gasteiger charge is 2.18. The Bertz CT molecular complexity index is 1010. The van der Waals surface area contributed by atoms with Crippen molar-refractivity contribution in [3.63, 3.8) is 0 Å². The molecule has 0 aliphatic carbocycles. The SMILES string of the molecule is COc1ccc(-n2nc(-c3ccc(F)cc3)cc2C(=O)NCCN2CCOCC2)cc1. The van der Waals surface area contributed by atoms with Crippen LogP contribution in [-0.2, 0) is 4.74 Å². The number of methoxy groups -OCH3 is 1. The van der Waals surface area contributed by atoms with E-state index in [9.17, 15) is 9.18 Å². The van der Waals surface area contributed by atoms with Crippen molar-refractivity contribution in [1.29, 1.82) is 0 Å². The van der Waals surface area contributed by atoms with Crippen molar-refractivity contribution in [1.82, 2.24) is 20.0 Å². The lowest BCUT2D eigenvalue weighted by Crippen LogP contribution is -2.41. The van der Waals surface area contributed by atoms with E-state index in [1.54, 1.807) is 30.0 Å². The average molecular weight is 424 g/mol. The fourth-order valence-corrected chi connectivity index (χ4v) is 3.47. The van der Waals surface area contributed by atoms with E-state index in [2.05, 4.69) is 15.3 Å². The molecule has 31 heavy (non-hydrogen) atoms. The Balaban J connectivity index is 1.57. The number of halogens is 1. The summed E-state index contributed by atoms with van der Waals surface area (Å²) in [6.45, 7) is 4.47. The predicted octanol–water partition coefficient (Wildman–Crippen LogP) is 2.75. The van der Waals surface area contributed by atoms with Crippen LogP contribution in [0.15, 0.2) is 54.6 Å². The molecule has 0 spiro atoms. The van der Waals surface area contributed by atoms with Crippen molar-refractivity contribution in [3.05, 3.63) is 66.1 Å². The number of aromatic nitrogens is 2. The molecular weight excluding hydrogens is 399 g/mol. The van der Waals surface area contributed by atoms with E-state index in [0.29, 0.717) is 23.7 Å². The number of carbonyl (C=O) groups is 1. The number of hydrogen-bond acceptors (Lipinski definition) is 5. The van der Waals surface area contributed by atoms with Gasteiger partial charge in [0.1, 0.15) is 17.3 Å². The molecule has 0 bridgehead atoms. The molecule has 2 heterocycles. The Morgan fingerprint density at radius 2 is 1.84 bits per heavy atom. The summed E-state index contributed by atoms with van der Waals surface area (Å²) in [5.74, 6) is 0.176. The summed E-state index contributed by atoms with van der Waals surface area (Å²) < 4.78 is 25.5. The third kappa shape index (κ3) is 5.10. The number of rotatable bonds is 7. The smallest absolute Gasteiger partial charge is 0.270 e. The molecule has 8 heteroatoms. The lowest BCUT2D eigenvalue weighted by atomic mass is 10.1. The van der Waals surface area contributed by atoms with Gasteiger partial charge in [-0.25, -0.2) is 9.07 Å². The molecule has 0 radical (unpaired) electrons. The van der Waals surface area contributed by atoms with Gasteiger partial charge in [0.05, 0.1) is 31.7 Å². The van der Waals surface area contributed by atoms with Crippen LogP contribution in [0.2, 0.25) is 0 Å². The maximum Gasteiger partial charge on any atom is 0.270 e. The van der Waals surface area contributed by atoms with E-state index in [1.807, 2.05) is 24.3 Å². The van der Waals surface area contributed by atoms with Crippen molar-refractivity contribution < 1.29 is 18.7 Å². The van der Waals surface area contributed by atoms with Gasteiger partial charge in [-0.3, -0.25) is 9.69 Å². The minimum absolute atomic E-state index is 0.218. The number of benzene rings is 2. The van der Waals surface area contributed by atoms with Gasteiger partial charge < -0.3 is 14.8 Å². The normalized spacial score (nSPS) is 14.4. The summed E-state index contributed by atoms with van der Waals surface area (Å²) in [5, 5.41) is 7.61. The van der Waals surface area contributed by atoms with Gasteiger partial charge in [0, 0.05) is 31.7 Å². The van der Waals surface area contributed by atoms with E-state index >= 15 is 0 Å². The molecular formula is C23H25FN4O3. The van der Waals surface area contributed by atoms with Gasteiger partial charge >= 0.3 is 0 Å². The third-order valence-corrected chi connectivity index (χ3v) is 5.22. The number of amides is 1. The van der Waals surface area contributed by atoms with E-state index in [0.717, 1.165) is 44.1 Å². The molecule has 1 fully saturated rings. The molecule has 1 amide bonds. The van der Waals surface area contributed by atoms with Crippen LogP contribution in [0.25, 0.3) is 16.9 Å². The molecule has 0 unspecified atom stereocenters. The molecule has 4 rings (SSSR count). The largest absolute Gasteiger partial charge is 0.497 e. The number of nitrogens with zero attached hydrogens (tertiary/aromatic N) is 3. The lowest BCUT2D eigenvalue weighted by molar-refractivity contribution is 0.0383. The fraction of sp³-hybridized carbons (Fsp3) is 0.304. The zero-order chi connectivity index (χ0) is 21.6. The lowest BCUT2D eigenvalue weighted by Gasteiger charge is -2.26. The highest BCUT2D eigenvalue weighted by molar-refractivity contribution is 5.94. The average Bonchev–Trinajstić information content (AvgIpc) is 3.26. The van der Waals surface area contributed by atoms with Gasteiger partial charge in [-0.1, -0.05) is 0 Å². The molecule has 7 nitrogen and oxygen atoms in total. The Morgan fingerprint density at radius 1 is 1.13 bits per heavy atom. The molecule has 0 atom stereocenters. The fourth-order valence-electron chi connectivity index (χ4n) is 3.47. The molecule has 3 aromatic rings. The van der Waals surface area contributed by atoms with Crippen LogP contribution in [0.1, 0.15) is 10.5 Å². The summed E-state index contributed by atoms with van der Waals surface area (Å²) in [6, 6.07) is 15.1. The maximum absolute atomic E-state index is 13.3. The van der Waals surface area contributed by atoms with Crippen LogP contribution in [-0.4, -0.2) is 67.1 Å². The summed E-state index contributed by atoms with van der Waals surface area (Å²) in [7, 11) is 1.60. The van der Waals surface area contributed by atoms with Crippen LogP contribution >= 0.6 is 0 Å². The molecule has 1 aliphatic heterocycles. The summed E-state index contributed by atoms with van der Waals surface area (Å²) in [4.78, 5) is 15.3. The standard InChI is InChI=1S/C23H25FN4O3/c1-30-20-8-6-19(7-9-20)28-22(16-21(26-28)17-2-4-18(24)5-3-17)23(29)25-10-11-27-12-14-31-15-13-27/h2-9,16H,10-15H2,1H3,(H,25,29). The third-order valence-electron chi connectivity index (χ3n) is 5.22. The number of carbonyl (C=O) groups excluding carboxylic acids is 1. The molecule has 2 aromatic carbocycles. The van der Waals surface area contributed by atoms with Crippen molar-refractivity contribution in [3.8, 4) is 22.7 Å². The first-order chi connectivity index (χ1) is 15.1. The van der Waals surface area contributed by atoms with Crippen LogP contribution in [0.5, 0.6) is 5.75 Å². The number of morpholine rings is 1. The Hall–Kier alpha value is -3.23. The van der Waals surface area contributed by atoms with E-state index in [-0.39, 0.29) is 11.7 Å². The maximum atomic E-state index is 13.3. The first-order valence-corrected chi connectivity index (χ1v) is 10.2. The van der Waals surface area contributed by atoms with Gasteiger partial charge in [-0.05, 0) is 54.6 Å². The second-order valence-electron chi connectivity index (χ2n) is 7.24. The molecule has 1 aromatic heterocycles. The summed E-state index contributed by atoms with van der Waals surface area (Å²) >= 11 is 0. The van der Waals surface area contributed by atoms with Crippen LogP contribution in [0, 0.1) is 5.82 Å². The summed E-state index contributed by atoms with van der Waals surface area (Å²) in [5.41, 5.74) is 2.46. The summed E-state index contributed by atoms with van der Waals surface area (Å²) in [6.07, 6.45) is 0. The van der Waals surface area contributed by atoms with Crippen LogP contribution < -0.4 is 10.1 Å². The zero-order valence-corrected chi connectivity index (χ0v) is 17.4. The van der Waals surface area contributed by atoms with E-state index in [4.69, 9.17) is 9.47 Å². The Labute approximate surface area is 180 Å². The van der Waals surface area contributed by atoms with Gasteiger partial charge in [0.25, 0.3) is 5.91 Å². The van der Waals surface area contributed by atoms with Crippen molar-refractivity contribution >= 4 is 5.91 Å². The Kier molecular flexibility index (Phi) is 6.59. The highest BCUT2D eigenvalue weighted by atomic mass is 19.1. The van der Waals surface area contributed by atoms with Crippen LogP contribution in [0.3, 0.4) is 0 Å². The Morgan fingerprint density at radius 3 is 2.52 bits per heavy atom. The number of nitrogens with one attached hydrogen (secondary N) is 1. The first-order valence-electron chi connectivity index (χ1n) is 10.2. The van der Waals surface area contributed by atoms with Crippen LogP contribution in [0.4, 0.5) is 4.39 Å². The van der Waals surface area contributed by atoms with Crippen molar-refractivity contribution in [2.45, 2.75) is 0 Å². The van der Waals surface area contributed by atoms with Gasteiger partial charge in [-0.15, -0.1) is 0 Å². The topological polar surface area (TPSA) is 68.6 Å². The van der Waals surface area contributed by atoms with E-state index in [1.165, 1.54) is 12.1 Å². The molecule has 162 valence electrons. The minimum Gasteiger partial charge on any atom is -0.497 e. The molecule has 1 saturated heterocycles. The van der Waals surface area contributed by atoms with Gasteiger partial charge in [-0.2, -0.15) is 5.10 Å². The molecule has 1 N–H and O–H groups in total. The van der Waals surface area contributed by atoms with Crippen molar-refractivity contribution in [2.24, 2.45) is 0 Å². The monoisotopic (exact) mass is 424 g/mol. The number of ether oxygens (including phenoxy) is 2. The van der Waals surface area contributed by atoms with E-state index < -0.39 is 0 Å². The first kappa shape index (κ1) is 21.0. The quantitative estimate of drug-likeness (QED) is 0.632. The second-order valence-corrected chi connectivity index (χ2v) is 7.24. The zero-order valence-electron chi connectivity index (χ0n) is 17.4. The highest BCUT2D eigenvalue weighted by Crippen LogP contribution is 2.23. The van der Waals surface area contributed by atoms with Crippen molar-refractivity contribution in [2.75, 3.05) is 46.5 Å².